The number of nitrogens with one attached hydrogen (secondary N) is 1. The predicted molar refractivity (Wildman–Crippen MR) is 97.3 cm³/mol. The second kappa shape index (κ2) is 9.34. The Kier molecular flexibility index (Phi) is 7.16. The Balaban J connectivity index is 1.84. The van der Waals surface area contributed by atoms with Gasteiger partial charge in [0.1, 0.15) is 18.1 Å². The number of aromatic nitrogens is 1. The third-order valence-electron chi connectivity index (χ3n) is 3.85. The van der Waals surface area contributed by atoms with Crippen LogP contribution in [0.25, 0.3) is 11.5 Å². The maximum atomic E-state index is 11.7. The summed E-state index contributed by atoms with van der Waals surface area (Å²) in [4.78, 5) is 18.2. The minimum Gasteiger partial charge on any atom is -0.441 e. The van der Waals surface area contributed by atoms with Crippen LogP contribution in [0.3, 0.4) is 0 Å². The number of carbonyl (C=O) groups is 1. The normalized spacial score (nSPS) is 11.1. The van der Waals surface area contributed by atoms with Crippen LogP contribution in [0.4, 0.5) is 0 Å². The number of rotatable bonds is 9. The third kappa shape index (κ3) is 5.99. The van der Waals surface area contributed by atoms with Gasteiger partial charge in [-0.1, -0.05) is 19.1 Å². The van der Waals surface area contributed by atoms with Gasteiger partial charge in [0.25, 0.3) is 0 Å². The molecule has 0 spiro atoms. The molecule has 0 bridgehead atoms. The molecule has 2 aromatic rings. The predicted octanol–water partition coefficient (Wildman–Crippen LogP) is 2.41. The fourth-order valence-electron chi connectivity index (χ4n) is 2.28. The second-order valence-corrected chi connectivity index (χ2v) is 6.22. The van der Waals surface area contributed by atoms with E-state index in [9.17, 15) is 4.79 Å². The zero-order valence-corrected chi connectivity index (χ0v) is 15.5. The van der Waals surface area contributed by atoms with Gasteiger partial charge in [-0.25, -0.2) is 4.98 Å². The first-order valence-electron chi connectivity index (χ1n) is 8.54. The lowest BCUT2D eigenvalue weighted by Gasteiger charge is -2.10. The number of aryl methyl sites for hydroxylation is 2. The smallest absolute Gasteiger partial charge is 0.246 e. The van der Waals surface area contributed by atoms with Crippen LogP contribution in [0, 0.1) is 6.92 Å². The number of likely N-dealkylation sites (N-methyl/N-ethyl adjacent to an activating group) is 1. The molecule has 0 aliphatic rings. The fourth-order valence-corrected chi connectivity index (χ4v) is 2.28. The minimum absolute atomic E-state index is 0.0141. The minimum atomic E-state index is -0.127. The molecule has 136 valence electrons. The molecule has 0 atom stereocenters. The van der Waals surface area contributed by atoms with Crippen LogP contribution in [0.15, 0.2) is 28.7 Å². The van der Waals surface area contributed by atoms with Crippen LogP contribution in [0.1, 0.15) is 23.9 Å². The monoisotopic (exact) mass is 345 g/mol. The van der Waals surface area contributed by atoms with Gasteiger partial charge in [-0.3, -0.25) is 4.79 Å². The van der Waals surface area contributed by atoms with Gasteiger partial charge in [0.15, 0.2) is 0 Å². The summed E-state index contributed by atoms with van der Waals surface area (Å²) in [6, 6.07) is 8.16. The molecule has 25 heavy (non-hydrogen) atoms. The SMILES string of the molecule is CCc1ccc(-c2nc(COCC(=O)NCCN(C)C)c(C)o2)cc1. The van der Waals surface area contributed by atoms with Crippen molar-refractivity contribution in [2.24, 2.45) is 0 Å². The van der Waals surface area contributed by atoms with Gasteiger partial charge in [-0.15, -0.1) is 0 Å². The average Bonchev–Trinajstić information content (AvgIpc) is 2.95. The standard InChI is InChI=1S/C19H27N3O3/c1-5-15-6-8-16(9-7-15)19-21-17(14(2)25-19)12-24-13-18(23)20-10-11-22(3)4/h6-9H,5,10-13H2,1-4H3,(H,20,23). The van der Waals surface area contributed by atoms with Gasteiger partial charge in [-0.05, 0) is 45.1 Å². The van der Waals surface area contributed by atoms with Gasteiger partial charge < -0.3 is 19.4 Å². The van der Waals surface area contributed by atoms with Crippen molar-refractivity contribution in [2.45, 2.75) is 26.9 Å². The molecule has 6 heteroatoms. The van der Waals surface area contributed by atoms with Crippen molar-refractivity contribution >= 4 is 5.91 Å². The molecule has 1 N–H and O–H groups in total. The molecule has 1 heterocycles. The molecule has 1 aromatic heterocycles. The zero-order valence-electron chi connectivity index (χ0n) is 15.5. The van der Waals surface area contributed by atoms with E-state index in [0.717, 1.165) is 24.2 Å². The van der Waals surface area contributed by atoms with Crippen LogP contribution in [0.2, 0.25) is 0 Å². The molecular formula is C19H27N3O3. The summed E-state index contributed by atoms with van der Waals surface area (Å²) in [6.07, 6.45) is 1.00. The highest BCUT2D eigenvalue weighted by molar-refractivity contribution is 5.77. The Labute approximate surface area is 149 Å². The van der Waals surface area contributed by atoms with Crippen molar-refractivity contribution in [3.8, 4) is 11.5 Å². The average molecular weight is 345 g/mol. The highest BCUT2D eigenvalue weighted by Gasteiger charge is 2.12. The van der Waals surface area contributed by atoms with Crippen LogP contribution in [-0.2, 0) is 22.6 Å². The second-order valence-electron chi connectivity index (χ2n) is 6.22. The van der Waals surface area contributed by atoms with E-state index in [1.54, 1.807) is 0 Å². The molecule has 0 unspecified atom stereocenters. The zero-order chi connectivity index (χ0) is 18.2. The van der Waals surface area contributed by atoms with E-state index >= 15 is 0 Å². The lowest BCUT2D eigenvalue weighted by Crippen LogP contribution is -2.33. The summed E-state index contributed by atoms with van der Waals surface area (Å²) in [5.74, 6) is 1.16. The van der Waals surface area contributed by atoms with E-state index in [0.29, 0.717) is 18.2 Å². The third-order valence-corrected chi connectivity index (χ3v) is 3.85. The molecule has 0 saturated heterocycles. The largest absolute Gasteiger partial charge is 0.441 e. The lowest BCUT2D eigenvalue weighted by atomic mass is 10.1. The van der Waals surface area contributed by atoms with Gasteiger partial charge in [0.2, 0.25) is 11.8 Å². The van der Waals surface area contributed by atoms with Crippen molar-refractivity contribution in [1.82, 2.24) is 15.2 Å². The molecule has 0 aliphatic heterocycles. The maximum Gasteiger partial charge on any atom is 0.246 e. The lowest BCUT2D eigenvalue weighted by molar-refractivity contribution is -0.126. The first-order chi connectivity index (χ1) is 12.0. The van der Waals surface area contributed by atoms with E-state index in [2.05, 4.69) is 29.4 Å². The summed E-state index contributed by atoms with van der Waals surface area (Å²) in [6.45, 7) is 5.65. The Hall–Kier alpha value is -2.18. The molecule has 0 fully saturated rings. The summed E-state index contributed by atoms with van der Waals surface area (Å²) in [5.41, 5.74) is 2.93. The van der Waals surface area contributed by atoms with E-state index in [1.807, 2.05) is 38.1 Å². The highest BCUT2D eigenvalue weighted by atomic mass is 16.5. The molecule has 0 saturated carbocycles. The van der Waals surface area contributed by atoms with Crippen LogP contribution >= 0.6 is 0 Å². The Morgan fingerprint density at radius 2 is 2.00 bits per heavy atom. The van der Waals surface area contributed by atoms with Crippen molar-refractivity contribution in [1.29, 1.82) is 0 Å². The van der Waals surface area contributed by atoms with E-state index in [-0.39, 0.29) is 19.1 Å². The van der Waals surface area contributed by atoms with Crippen molar-refractivity contribution in [2.75, 3.05) is 33.8 Å². The van der Waals surface area contributed by atoms with Crippen LogP contribution in [0.5, 0.6) is 0 Å². The molecule has 6 nitrogen and oxygen atoms in total. The van der Waals surface area contributed by atoms with Crippen molar-refractivity contribution < 1.29 is 13.9 Å². The Morgan fingerprint density at radius 1 is 1.28 bits per heavy atom. The Morgan fingerprint density at radius 3 is 2.64 bits per heavy atom. The van der Waals surface area contributed by atoms with Crippen LogP contribution in [-0.4, -0.2) is 49.6 Å². The van der Waals surface area contributed by atoms with E-state index in [4.69, 9.17) is 9.15 Å². The molecule has 0 radical (unpaired) electrons. The number of nitrogens with zero attached hydrogens (tertiary/aromatic N) is 2. The Bertz CT molecular complexity index is 678. The highest BCUT2D eigenvalue weighted by Crippen LogP contribution is 2.22. The molecular weight excluding hydrogens is 318 g/mol. The fraction of sp³-hybridized carbons (Fsp3) is 0.474. The topological polar surface area (TPSA) is 67.6 Å². The van der Waals surface area contributed by atoms with Crippen molar-refractivity contribution in [3.63, 3.8) is 0 Å². The maximum absolute atomic E-state index is 11.7. The number of ether oxygens (including phenoxy) is 1. The van der Waals surface area contributed by atoms with Gasteiger partial charge in [0, 0.05) is 18.7 Å². The van der Waals surface area contributed by atoms with Gasteiger partial charge in [0.05, 0.1) is 6.61 Å². The van der Waals surface area contributed by atoms with E-state index in [1.165, 1.54) is 5.56 Å². The van der Waals surface area contributed by atoms with E-state index < -0.39 is 0 Å². The first kappa shape index (κ1) is 19.1. The summed E-state index contributed by atoms with van der Waals surface area (Å²) < 4.78 is 11.2. The summed E-state index contributed by atoms with van der Waals surface area (Å²) >= 11 is 0. The number of amides is 1. The number of benzene rings is 1. The number of oxazole rings is 1. The summed E-state index contributed by atoms with van der Waals surface area (Å²) in [5, 5.41) is 2.81. The molecule has 1 aromatic carbocycles. The van der Waals surface area contributed by atoms with Crippen molar-refractivity contribution in [3.05, 3.63) is 41.3 Å². The van der Waals surface area contributed by atoms with Crippen LogP contribution < -0.4 is 5.32 Å². The molecule has 1 amide bonds. The quantitative estimate of drug-likeness (QED) is 0.756. The number of carbonyl (C=O) groups excluding carboxylic acids is 1. The first-order valence-corrected chi connectivity index (χ1v) is 8.54. The van der Waals surface area contributed by atoms with Gasteiger partial charge in [-0.2, -0.15) is 0 Å². The molecule has 2 rings (SSSR count). The van der Waals surface area contributed by atoms with Gasteiger partial charge >= 0.3 is 0 Å². The summed E-state index contributed by atoms with van der Waals surface area (Å²) in [7, 11) is 3.92. The number of hydrogen-bond acceptors (Lipinski definition) is 5. The number of hydrogen-bond donors (Lipinski definition) is 1. The molecule has 0 aliphatic carbocycles.